The molecule has 2 heteroatoms. The van der Waals surface area contributed by atoms with Crippen LogP contribution >= 0.6 is 0 Å². The second-order valence-corrected chi connectivity index (χ2v) is 9.20. The second kappa shape index (κ2) is 9.24. The highest BCUT2D eigenvalue weighted by molar-refractivity contribution is 6.05. The van der Waals surface area contributed by atoms with Crippen molar-refractivity contribution >= 4 is 50.0 Å². The van der Waals surface area contributed by atoms with Crippen LogP contribution in [0.25, 0.3) is 21.5 Å². The SMILES string of the molecule is Cc1cc(N(C)c2ccccc2)ccc1N(c1cccc2ccccc12)c1cccc2ccccc12. The Balaban J connectivity index is 1.57. The van der Waals surface area contributed by atoms with Crippen LogP contribution in [0, 0.1) is 6.92 Å². The Hall–Kier alpha value is -4.56. The summed E-state index contributed by atoms with van der Waals surface area (Å²) in [7, 11) is 2.12. The van der Waals surface area contributed by atoms with Gasteiger partial charge in [0.15, 0.2) is 0 Å². The Morgan fingerprint density at radius 2 is 0.972 bits per heavy atom. The van der Waals surface area contributed by atoms with E-state index in [1.54, 1.807) is 0 Å². The summed E-state index contributed by atoms with van der Waals surface area (Å²) < 4.78 is 0. The van der Waals surface area contributed by atoms with Gasteiger partial charge in [0.05, 0.1) is 11.4 Å². The third-order valence-electron chi connectivity index (χ3n) is 6.97. The van der Waals surface area contributed by atoms with Gasteiger partial charge in [-0.25, -0.2) is 0 Å². The van der Waals surface area contributed by atoms with E-state index < -0.39 is 0 Å². The van der Waals surface area contributed by atoms with Crippen molar-refractivity contribution in [2.75, 3.05) is 16.8 Å². The molecule has 0 saturated carbocycles. The van der Waals surface area contributed by atoms with Crippen LogP contribution in [-0.4, -0.2) is 7.05 Å². The standard InChI is InChI=1S/C34H28N2/c1-25-24-29(35(2)28-16-4-3-5-17-28)22-23-32(25)36(33-20-10-14-26-12-6-8-18-30(26)33)34-21-11-15-27-13-7-9-19-31(27)34/h3-24H,1-2H3. The molecule has 0 radical (unpaired) electrons. The fraction of sp³-hybridized carbons (Fsp3) is 0.0588. The Morgan fingerprint density at radius 1 is 0.444 bits per heavy atom. The molecule has 0 aromatic heterocycles. The maximum atomic E-state index is 2.42. The Labute approximate surface area is 212 Å². The largest absolute Gasteiger partial charge is 0.345 e. The molecule has 0 aliphatic rings. The smallest absolute Gasteiger partial charge is 0.0540 e. The fourth-order valence-corrected chi connectivity index (χ4v) is 5.10. The lowest BCUT2D eigenvalue weighted by molar-refractivity contribution is 1.19. The molecule has 2 nitrogen and oxygen atoms in total. The van der Waals surface area contributed by atoms with E-state index in [4.69, 9.17) is 0 Å². The van der Waals surface area contributed by atoms with E-state index in [0.29, 0.717) is 0 Å². The summed E-state index contributed by atoms with van der Waals surface area (Å²) in [4.78, 5) is 4.66. The zero-order chi connectivity index (χ0) is 24.5. The van der Waals surface area contributed by atoms with Crippen LogP contribution in [0.1, 0.15) is 5.56 Å². The van der Waals surface area contributed by atoms with E-state index in [2.05, 4.69) is 157 Å². The number of nitrogens with zero attached hydrogens (tertiary/aromatic N) is 2. The van der Waals surface area contributed by atoms with Crippen molar-refractivity contribution in [2.24, 2.45) is 0 Å². The van der Waals surface area contributed by atoms with E-state index in [9.17, 15) is 0 Å². The number of fused-ring (bicyclic) bond motifs is 2. The highest BCUT2D eigenvalue weighted by atomic mass is 15.2. The van der Waals surface area contributed by atoms with Gasteiger partial charge in [-0.1, -0.05) is 91.0 Å². The van der Waals surface area contributed by atoms with Crippen molar-refractivity contribution in [1.29, 1.82) is 0 Å². The first kappa shape index (κ1) is 21.9. The van der Waals surface area contributed by atoms with Crippen LogP contribution in [-0.2, 0) is 0 Å². The summed E-state index contributed by atoms with van der Waals surface area (Å²) in [5.41, 5.74) is 7.08. The highest BCUT2D eigenvalue weighted by Gasteiger charge is 2.19. The molecule has 0 fully saturated rings. The first-order valence-corrected chi connectivity index (χ1v) is 12.4. The lowest BCUT2D eigenvalue weighted by Gasteiger charge is -2.30. The van der Waals surface area contributed by atoms with Gasteiger partial charge < -0.3 is 9.80 Å². The maximum absolute atomic E-state index is 2.42. The second-order valence-electron chi connectivity index (χ2n) is 9.20. The quantitative estimate of drug-likeness (QED) is 0.251. The van der Waals surface area contributed by atoms with Gasteiger partial charge in [-0.15, -0.1) is 0 Å². The molecule has 0 spiro atoms. The van der Waals surface area contributed by atoms with Crippen LogP contribution in [0.4, 0.5) is 28.4 Å². The van der Waals surface area contributed by atoms with Gasteiger partial charge in [0, 0.05) is 34.9 Å². The third kappa shape index (κ3) is 3.87. The molecule has 6 aromatic rings. The predicted octanol–water partition coefficient (Wildman–Crippen LogP) is 9.54. The Kier molecular flexibility index (Phi) is 5.63. The molecule has 0 N–H and O–H groups in total. The van der Waals surface area contributed by atoms with Gasteiger partial charge in [-0.3, -0.25) is 0 Å². The maximum Gasteiger partial charge on any atom is 0.0540 e. The summed E-state index contributed by atoms with van der Waals surface area (Å²) in [5.74, 6) is 0. The zero-order valence-corrected chi connectivity index (χ0v) is 20.6. The van der Waals surface area contributed by atoms with Crippen molar-refractivity contribution in [3.63, 3.8) is 0 Å². The molecular weight excluding hydrogens is 436 g/mol. The monoisotopic (exact) mass is 464 g/mol. The number of para-hydroxylation sites is 1. The number of aryl methyl sites for hydroxylation is 1. The Morgan fingerprint density at radius 3 is 1.56 bits per heavy atom. The van der Waals surface area contributed by atoms with Crippen LogP contribution in [0.3, 0.4) is 0 Å². The van der Waals surface area contributed by atoms with Crippen LogP contribution in [0.15, 0.2) is 133 Å². The van der Waals surface area contributed by atoms with E-state index >= 15 is 0 Å². The van der Waals surface area contributed by atoms with Crippen molar-refractivity contribution in [3.05, 3.63) is 139 Å². The van der Waals surface area contributed by atoms with Crippen LogP contribution in [0.2, 0.25) is 0 Å². The van der Waals surface area contributed by atoms with Gasteiger partial charge in [-0.05, 0) is 65.7 Å². The molecule has 6 rings (SSSR count). The number of hydrogen-bond acceptors (Lipinski definition) is 2. The summed E-state index contributed by atoms with van der Waals surface area (Å²) in [5, 5.41) is 4.94. The van der Waals surface area contributed by atoms with Crippen molar-refractivity contribution in [3.8, 4) is 0 Å². The van der Waals surface area contributed by atoms with Gasteiger partial charge >= 0.3 is 0 Å². The number of hydrogen-bond donors (Lipinski definition) is 0. The normalized spacial score (nSPS) is 11.1. The molecule has 0 atom stereocenters. The number of anilines is 5. The van der Waals surface area contributed by atoms with Crippen LogP contribution in [0.5, 0.6) is 0 Å². The lowest BCUT2D eigenvalue weighted by atomic mass is 10.0. The average Bonchev–Trinajstić information content (AvgIpc) is 2.94. The third-order valence-corrected chi connectivity index (χ3v) is 6.97. The molecular formula is C34H28N2. The van der Waals surface area contributed by atoms with E-state index in [-0.39, 0.29) is 0 Å². The first-order valence-electron chi connectivity index (χ1n) is 12.4. The highest BCUT2D eigenvalue weighted by Crippen LogP contribution is 2.43. The molecule has 174 valence electrons. The number of rotatable bonds is 5. The molecule has 0 saturated heterocycles. The lowest BCUT2D eigenvalue weighted by Crippen LogP contribution is -2.14. The van der Waals surface area contributed by atoms with E-state index in [0.717, 1.165) is 0 Å². The summed E-state index contributed by atoms with van der Waals surface area (Å²) in [6, 6.07) is 47.7. The topological polar surface area (TPSA) is 6.48 Å². The van der Waals surface area contributed by atoms with Crippen molar-refractivity contribution in [2.45, 2.75) is 6.92 Å². The molecule has 0 bridgehead atoms. The van der Waals surface area contributed by atoms with Gasteiger partial charge in [-0.2, -0.15) is 0 Å². The molecule has 0 unspecified atom stereocenters. The van der Waals surface area contributed by atoms with Gasteiger partial charge in [0.2, 0.25) is 0 Å². The molecule has 36 heavy (non-hydrogen) atoms. The summed E-state index contributed by atoms with van der Waals surface area (Å²) in [6.45, 7) is 2.21. The van der Waals surface area contributed by atoms with Crippen LogP contribution < -0.4 is 9.80 Å². The van der Waals surface area contributed by atoms with E-state index in [1.165, 1.54) is 55.5 Å². The fourth-order valence-electron chi connectivity index (χ4n) is 5.10. The summed E-state index contributed by atoms with van der Waals surface area (Å²) in [6.07, 6.45) is 0. The molecule has 0 aliphatic heterocycles. The number of benzene rings is 6. The Bertz CT molecular complexity index is 1580. The minimum atomic E-state index is 1.17. The first-order chi connectivity index (χ1) is 17.7. The molecule has 6 aromatic carbocycles. The molecule has 0 amide bonds. The van der Waals surface area contributed by atoms with Gasteiger partial charge in [0.1, 0.15) is 0 Å². The zero-order valence-electron chi connectivity index (χ0n) is 20.6. The van der Waals surface area contributed by atoms with Crippen molar-refractivity contribution < 1.29 is 0 Å². The molecule has 0 heterocycles. The average molecular weight is 465 g/mol. The van der Waals surface area contributed by atoms with E-state index in [1.807, 2.05) is 0 Å². The minimum absolute atomic E-state index is 1.17. The predicted molar refractivity (Wildman–Crippen MR) is 155 cm³/mol. The molecule has 0 aliphatic carbocycles. The minimum Gasteiger partial charge on any atom is -0.345 e. The summed E-state index contributed by atoms with van der Waals surface area (Å²) >= 11 is 0. The van der Waals surface area contributed by atoms with Gasteiger partial charge in [0.25, 0.3) is 0 Å². The van der Waals surface area contributed by atoms with Crippen molar-refractivity contribution in [1.82, 2.24) is 0 Å².